The summed E-state index contributed by atoms with van der Waals surface area (Å²) in [5, 5.41) is 17.3. The number of carboxylic acid groups (broad SMARTS) is 1. The number of ether oxygens (including phenoxy) is 2. The second-order valence-electron chi connectivity index (χ2n) is 5.30. The fourth-order valence-corrected chi connectivity index (χ4v) is 2.13. The lowest BCUT2D eigenvalue weighted by Crippen LogP contribution is -2.07. The molecule has 0 bridgehead atoms. The monoisotopic (exact) mass is 360 g/mol. The average Bonchev–Trinajstić information content (AvgIpc) is 2.55. The van der Waals surface area contributed by atoms with E-state index < -0.39 is 5.97 Å². The van der Waals surface area contributed by atoms with Gasteiger partial charge >= 0.3 is 11.9 Å². The molecule has 2 aromatic carbocycles. The van der Waals surface area contributed by atoms with Gasteiger partial charge in [-0.05, 0) is 49.2 Å². The first-order chi connectivity index (χ1) is 12.4. The molecule has 0 saturated heterocycles. The number of carbonyl (C=O) groups is 2. The smallest absolute Gasteiger partial charge is 0.310 e. The summed E-state index contributed by atoms with van der Waals surface area (Å²) in [5.41, 5.74) is 1.52. The predicted molar refractivity (Wildman–Crippen MR) is 97.4 cm³/mol. The topological polar surface area (TPSA) is 93.1 Å². The number of aromatic hydroxyl groups is 1. The molecule has 0 radical (unpaired) electrons. The second kappa shape index (κ2) is 11.5. The molecule has 0 aromatic heterocycles. The Morgan fingerprint density at radius 2 is 1.58 bits per heavy atom. The number of phenols is 1. The number of benzene rings is 2. The molecule has 2 rings (SSSR count). The van der Waals surface area contributed by atoms with E-state index in [0.29, 0.717) is 25.2 Å². The van der Waals surface area contributed by atoms with Gasteiger partial charge in [-0.2, -0.15) is 0 Å². The van der Waals surface area contributed by atoms with Crippen LogP contribution in [0.2, 0.25) is 0 Å². The standard InChI is InChI=1S/C12H16O3.C8H8O3/c1-3-14-11-7-5-6-10(8-11)9-12(13)15-4-2;9-7-3-1-2-6(4-7)5-8(10)11/h5-8H,3-4,9H2,1-2H3;1-4,9H,5H2,(H,10,11). The van der Waals surface area contributed by atoms with Gasteiger partial charge in [0.15, 0.2) is 0 Å². The van der Waals surface area contributed by atoms with Gasteiger partial charge in [-0.25, -0.2) is 0 Å². The minimum atomic E-state index is -0.893. The highest BCUT2D eigenvalue weighted by atomic mass is 16.5. The third kappa shape index (κ3) is 8.73. The molecule has 0 unspecified atom stereocenters. The van der Waals surface area contributed by atoms with Gasteiger partial charge in [0.05, 0.1) is 26.1 Å². The molecule has 6 nitrogen and oxygen atoms in total. The van der Waals surface area contributed by atoms with E-state index in [0.717, 1.165) is 11.3 Å². The fourth-order valence-electron chi connectivity index (χ4n) is 2.13. The molecule has 0 spiro atoms. The molecule has 26 heavy (non-hydrogen) atoms. The van der Waals surface area contributed by atoms with Crippen LogP contribution in [0.5, 0.6) is 11.5 Å². The van der Waals surface area contributed by atoms with Gasteiger partial charge in [-0.3, -0.25) is 9.59 Å². The zero-order chi connectivity index (χ0) is 19.4. The van der Waals surface area contributed by atoms with Crippen molar-refractivity contribution < 1.29 is 29.3 Å². The van der Waals surface area contributed by atoms with Crippen LogP contribution in [0.1, 0.15) is 25.0 Å². The Morgan fingerprint density at radius 3 is 2.15 bits per heavy atom. The lowest BCUT2D eigenvalue weighted by Gasteiger charge is -2.05. The number of phenolic OH excluding ortho intramolecular Hbond substituents is 1. The molecule has 0 atom stereocenters. The molecule has 0 aliphatic carbocycles. The molecule has 0 aliphatic heterocycles. The van der Waals surface area contributed by atoms with Gasteiger partial charge in [0, 0.05) is 0 Å². The molecule has 2 aromatic rings. The molecule has 0 heterocycles. The van der Waals surface area contributed by atoms with Gasteiger partial charge in [-0.15, -0.1) is 0 Å². The summed E-state index contributed by atoms with van der Waals surface area (Å²) in [6.45, 7) is 4.78. The molecule has 140 valence electrons. The summed E-state index contributed by atoms with van der Waals surface area (Å²) in [6.07, 6.45) is 0.253. The van der Waals surface area contributed by atoms with Crippen molar-refractivity contribution in [2.24, 2.45) is 0 Å². The van der Waals surface area contributed by atoms with E-state index in [1.54, 1.807) is 19.1 Å². The minimum absolute atomic E-state index is 0.0472. The largest absolute Gasteiger partial charge is 0.508 e. The molecular weight excluding hydrogens is 336 g/mol. The van der Waals surface area contributed by atoms with Crippen molar-refractivity contribution in [3.63, 3.8) is 0 Å². The molecular formula is C20H24O6. The number of hydrogen-bond donors (Lipinski definition) is 2. The molecule has 0 amide bonds. The Labute approximate surface area is 153 Å². The first kappa shape index (κ1) is 21.0. The average molecular weight is 360 g/mol. The summed E-state index contributed by atoms with van der Waals surface area (Å²) in [5.74, 6) is -0.204. The first-order valence-electron chi connectivity index (χ1n) is 8.31. The van der Waals surface area contributed by atoms with Gasteiger partial charge < -0.3 is 19.7 Å². The van der Waals surface area contributed by atoms with Crippen molar-refractivity contribution in [2.75, 3.05) is 13.2 Å². The van der Waals surface area contributed by atoms with Crippen LogP contribution in [0, 0.1) is 0 Å². The Bertz CT molecular complexity index is 711. The molecule has 2 N–H and O–H groups in total. The number of esters is 1. The third-order valence-electron chi connectivity index (χ3n) is 3.13. The van der Waals surface area contributed by atoms with E-state index >= 15 is 0 Å². The second-order valence-corrected chi connectivity index (χ2v) is 5.30. The van der Waals surface area contributed by atoms with E-state index in [4.69, 9.17) is 19.7 Å². The van der Waals surface area contributed by atoms with Crippen LogP contribution in [-0.2, 0) is 27.2 Å². The molecule has 0 fully saturated rings. The summed E-state index contributed by atoms with van der Waals surface area (Å²) in [6, 6.07) is 13.7. The maximum Gasteiger partial charge on any atom is 0.310 e. The van der Waals surface area contributed by atoms with Gasteiger partial charge in [0.2, 0.25) is 0 Å². The number of rotatable bonds is 7. The lowest BCUT2D eigenvalue weighted by atomic mass is 10.1. The zero-order valence-corrected chi connectivity index (χ0v) is 15.0. The summed E-state index contributed by atoms with van der Waals surface area (Å²) >= 11 is 0. The van der Waals surface area contributed by atoms with Crippen molar-refractivity contribution in [2.45, 2.75) is 26.7 Å². The Balaban J connectivity index is 0.000000273. The highest BCUT2D eigenvalue weighted by molar-refractivity contribution is 5.72. The Kier molecular flexibility index (Phi) is 9.31. The SMILES string of the molecule is CCOC(=O)Cc1cccc(OCC)c1.O=C(O)Cc1cccc(O)c1. The van der Waals surface area contributed by atoms with Crippen LogP contribution < -0.4 is 4.74 Å². The number of aliphatic carboxylic acids is 1. The van der Waals surface area contributed by atoms with Crippen LogP contribution in [-0.4, -0.2) is 35.4 Å². The minimum Gasteiger partial charge on any atom is -0.508 e. The molecule has 6 heteroatoms. The number of carbonyl (C=O) groups excluding carboxylic acids is 1. The van der Waals surface area contributed by atoms with E-state index in [1.807, 2.05) is 31.2 Å². The lowest BCUT2D eigenvalue weighted by molar-refractivity contribution is -0.142. The van der Waals surface area contributed by atoms with Crippen LogP contribution >= 0.6 is 0 Å². The van der Waals surface area contributed by atoms with Gasteiger partial charge in [0.25, 0.3) is 0 Å². The van der Waals surface area contributed by atoms with Crippen molar-refractivity contribution >= 4 is 11.9 Å². The summed E-state index contributed by atoms with van der Waals surface area (Å²) in [7, 11) is 0. The Hall–Kier alpha value is -3.02. The highest BCUT2D eigenvalue weighted by Gasteiger charge is 2.04. The fraction of sp³-hybridized carbons (Fsp3) is 0.300. The zero-order valence-electron chi connectivity index (χ0n) is 15.0. The van der Waals surface area contributed by atoms with Crippen LogP contribution in [0.15, 0.2) is 48.5 Å². The quantitative estimate of drug-likeness (QED) is 0.737. The van der Waals surface area contributed by atoms with Gasteiger partial charge in [0.1, 0.15) is 11.5 Å². The van der Waals surface area contributed by atoms with Crippen molar-refractivity contribution in [3.8, 4) is 11.5 Å². The molecule has 0 saturated carbocycles. The number of carboxylic acids is 1. The van der Waals surface area contributed by atoms with Crippen molar-refractivity contribution in [1.29, 1.82) is 0 Å². The summed E-state index contributed by atoms with van der Waals surface area (Å²) in [4.78, 5) is 21.4. The van der Waals surface area contributed by atoms with E-state index in [1.165, 1.54) is 12.1 Å². The van der Waals surface area contributed by atoms with E-state index in [9.17, 15) is 9.59 Å². The Morgan fingerprint density at radius 1 is 0.923 bits per heavy atom. The predicted octanol–water partition coefficient (Wildman–Crippen LogP) is 3.21. The highest BCUT2D eigenvalue weighted by Crippen LogP contribution is 2.14. The normalized spacial score (nSPS) is 9.62. The third-order valence-corrected chi connectivity index (χ3v) is 3.13. The van der Waals surface area contributed by atoms with Crippen LogP contribution in [0.3, 0.4) is 0 Å². The summed E-state index contributed by atoms with van der Waals surface area (Å²) < 4.78 is 10.2. The van der Waals surface area contributed by atoms with E-state index in [2.05, 4.69) is 0 Å². The maximum absolute atomic E-state index is 11.2. The van der Waals surface area contributed by atoms with Crippen molar-refractivity contribution in [1.82, 2.24) is 0 Å². The van der Waals surface area contributed by atoms with Crippen molar-refractivity contribution in [3.05, 3.63) is 59.7 Å². The maximum atomic E-state index is 11.2. The van der Waals surface area contributed by atoms with Crippen LogP contribution in [0.25, 0.3) is 0 Å². The molecule has 0 aliphatic rings. The number of hydrogen-bond acceptors (Lipinski definition) is 5. The van der Waals surface area contributed by atoms with Crippen LogP contribution in [0.4, 0.5) is 0 Å². The first-order valence-corrected chi connectivity index (χ1v) is 8.31. The van der Waals surface area contributed by atoms with E-state index in [-0.39, 0.29) is 18.1 Å². The van der Waals surface area contributed by atoms with Gasteiger partial charge in [-0.1, -0.05) is 24.3 Å².